The topological polar surface area (TPSA) is 27.0 Å². The molecule has 1 aliphatic rings. The first-order valence-corrected chi connectivity index (χ1v) is 6.86. The molecule has 0 aromatic carbocycles. The van der Waals surface area contributed by atoms with Gasteiger partial charge in [-0.1, -0.05) is 33.8 Å². The van der Waals surface area contributed by atoms with E-state index < -0.39 is 0 Å². The number of nitriles is 1. The summed E-state index contributed by atoms with van der Waals surface area (Å²) in [5.74, 6) is 1.44. The zero-order valence-electron chi connectivity index (χ0n) is 11.7. The van der Waals surface area contributed by atoms with Gasteiger partial charge in [-0.05, 0) is 31.1 Å². The average Bonchev–Trinajstić information content (AvgIpc) is 2.27. The fourth-order valence-electron chi connectivity index (χ4n) is 2.56. The molecule has 0 heterocycles. The van der Waals surface area contributed by atoms with Crippen molar-refractivity contribution in [3.8, 4) is 6.07 Å². The van der Waals surface area contributed by atoms with Crippen LogP contribution in [0.15, 0.2) is 11.6 Å². The highest BCUT2D eigenvalue weighted by molar-refractivity contribution is 5.23. The standard InChI is InChI=1S/C15H26N2/c1-12(2)10-17(11-13(3)4)15-7-5-14(9-16)6-8-15/h5,12-13,15H,6-8,10-11H2,1-4H3. The lowest BCUT2D eigenvalue weighted by Crippen LogP contribution is -2.41. The fraction of sp³-hybridized carbons (Fsp3) is 0.800. The predicted octanol–water partition coefficient (Wildman–Crippen LogP) is 3.60. The van der Waals surface area contributed by atoms with Gasteiger partial charge in [-0.3, -0.25) is 4.90 Å². The molecule has 0 amide bonds. The third-order valence-corrected chi connectivity index (χ3v) is 3.24. The maximum Gasteiger partial charge on any atom is 0.0943 e. The molecular formula is C15H26N2. The van der Waals surface area contributed by atoms with E-state index in [-0.39, 0.29) is 0 Å². The highest BCUT2D eigenvalue weighted by Crippen LogP contribution is 2.23. The van der Waals surface area contributed by atoms with Crippen LogP contribution in [0.4, 0.5) is 0 Å². The zero-order chi connectivity index (χ0) is 12.8. The van der Waals surface area contributed by atoms with E-state index in [0.717, 1.165) is 36.7 Å². The van der Waals surface area contributed by atoms with Crippen LogP contribution < -0.4 is 0 Å². The molecule has 0 spiro atoms. The molecule has 0 aromatic heterocycles. The third-order valence-electron chi connectivity index (χ3n) is 3.24. The number of hydrogen-bond donors (Lipinski definition) is 0. The lowest BCUT2D eigenvalue weighted by Gasteiger charge is -2.35. The van der Waals surface area contributed by atoms with Crippen molar-refractivity contribution >= 4 is 0 Å². The molecule has 1 atom stereocenters. The summed E-state index contributed by atoms with van der Waals surface area (Å²) < 4.78 is 0. The molecule has 0 aliphatic heterocycles. The van der Waals surface area contributed by atoms with Gasteiger partial charge in [-0.2, -0.15) is 5.26 Å². The number of hydrogen-bond acceptors (Lipinski definition) is 2. The lowest BCUT2D eigenvalue weighted by atomic mass is 9.93. The molecule has 0 N–H and O–H groups in total. The van der Waals surface area contributed by atoms with Crippen molar-refractivity contribution in [2.75, 3.05) is 13.1 Å². The van der Waals surface area contributed by atoms with Crippen LogP contribution >= 0.6 is 0 Å². The lowest BCUT2D eigenvalue weighted by molar-refractivity contribution is 0.146. The van der Waals surface area contributed by atoms with Gasteiger partial charge >= 0.3 is 0 Å². The van der Waals surface area contributed by atoms with Crippen molar-refractivity contribution in [1.82, 2.24) is 4.90 Å². The summed E-state index contributed by atoms with van der Waals surface area (Å²) >= 11 is 0. The molecule has 0 aromatic rings. The minimum Gasteiger partial charge on any atom is -0.300 e. The van der Waals surface area contributed by atoms with Crippen LogP contribution in [-0.2, 0) is 0 Å². The monoisotopic (exact) mass is 234 g/mol. The van der Waals surface area contributed by atoms with Crippen molar-refractivity contribution in [3.05, 3.63) is 11.6 Å². The second-order valence-electron chi connectivity index (χ2n) is 6.01. The Morgan fingerprint density at radius 1 is 1.29 bits per heavy atom. The van der Waals surface area contributed by atoms with Crippen molar-refractivity contribution in [3.63, 3.8) is 0 Å². The highest BCUT2D eigenvalue weighted by atomic mass is 15.2. The molecule has 1 rings (SSSR count). The van der Waals surface area contributed by atoms with E-state index in [1.54, 1.807) is 0 Å². The van der Waals surface area contributed by atoms with E-state index in [4.69, 9.17) is 5.26 Å². The van der Waals surface area contributed by atoms with Crippen LogP contribution in [0.3, 0.4) is 0 Å². The van der Waals surface area contributed by atoms with Gasteiger partial charge in [0.1, 0.15) is 0 Å². The first kappa shape index (κ1) is 14.3. The Hall–Kier alpha value is -0.810. The van der Waals surface area contributed by atoms with E-state index in [1.165, 1.54) is 13.1 Å². The number of nitrogens with zero attached hydrogens (tertiary/aromatic N) is 2. The molecule has 0 fully saturated rings. The third kappa shape index (κ3) is 4.91. The predicted molar refractivity (Wildman–Crippen MR) is 72.6 cm³/mol. The molecule has 17 heavy (non-hydrogen) atoms. The Kier molecular flexibility index (Phi) is 5.71. The molecule has 0 radical (unpaired) electrons. The molecule has 96 valence electrons. The van der Waals surface area contributed by atoms with Crippen LogP contribution in [0.5, 0.6) is 0 Å². The highest BCUT2D eigenvalue weighted by Gasteiger charge is 2.22. The Balaban J connectivity index is 2.59. The van der Waals surface area contributed by atoms with Crippen LogP contribution in [-0.4, -0.2) is 24.0 Å². The average molecular weight is 234 g/mol. The van der Waals surface area contributed by atoms with Gasteiger partial charge in [0.2, 0.25) is 0 Å². The Morgan fingerprint density at radius 2 is 1.88 bits per heavy atom. The summed E-state index contributed by atoms with van der Waals surface area (Å²) in [6.07, 6.45) is 5.32. The van der Waals surface area contributed by atoms with E-state index in [1.807, 2.05) is 0 Å². The summed E-state index contributed by atoms with van der Waals surface area (Å²) in [4.78, 5) is 2.62. The minimum absolute atomic E-state index is 0.650. The van der Waals surface area contributed by atoms with Gasteiger partial charge in [0.05, 0.1) is 6.07 Å². The van der Waals surface area contributed by atoms with Crippen molar-refractivity contribution < 1.29 is 0 Å². The Labute approximate surface area is 106 Å². The normalized spacial score (nSPS) is 20.8. The van der Waals surface area contributed by atoms with E-state index in [0.29, 0.717) is 6.04 Å². The molecule has 1 unspecified atom stereocenters. The van der Waals surface area contributed by atoms with Crippen molar-refractivity contribution in [2.45, 2.75) is 53.0 Å². The van der Waals surface area contributed by atoms with E-state index in [9.17, 15) is 0 Å². The van der Waals surface area contributed by atoms with Gasteiger partial charge in [0.25, 0.3) is 0 Å². The van der Waals surface area contributed by atoms with Crippen LogP contribution in [0.2, 0.25) is 0 Å². The maximum atomic E-state index is 8.87. The SMILES string of the molecule is CC(C)CN(CC(C)C)C1CC=C(C#N)CC1. The van der Waals surface area contributed by atoms with Crippen LogP contribution in [0.25, 0.3) is 0 Å². The first-order chi connectivity index (χ1) is 8.02. The summed E-state index contributed by atoms with van der Waals surface area (Å²) in [5, 5.41) is 8.87. The van der Waals surface area contributed by atoms with Gasteiger partial charge in [-0.25, -0.2) is 0 Å². The number of rotatable bonds is 5. The van der Waals surface area contributed by atoms with Crippen LogP contribution in [0.1, 0.15) is 47.0 Å². The Bertz CT molecular complexity index is 287. The smallest absolute Gasteiger partial charge is 0.0943 e. The molecule has 0 saturated heterocycles. The van der Waals surface area contributed by atoms with E-state index >= 15 is 0 Å². The zero-order valence-corrected chi connectivity index (χ0v) is 11.7. The molecular weight excluding hydrogens is 208 g/mol. The molecule has 2 nitrogen and oxygen atoms in total. The second-order valence-corrected chi connectivity index (χ2v) is 6.01. The maximum absolute atomic E-state index is 8.87. The number of allylic oxidation sites excluding steroid dienone is 1. The van der Waals surface area contributed by atoms with E-state index in [2.05, 4.69) is 44.7 Å². The largest absolute Gasteiger partial charge is 0.300 e. The Morgan fingerprint density at radius 3 is 2.24 bits per heavy atom. The molecule has 1 aliphatic carbocycles. The molecule has 2 heteroatoms. The summed E-state index contributed by atoms with van der Waals surface area (Å²) in [6, 6.07) is 2.94. The first-order valence-electron chi connectivity index (χ1n) is 6.86. The molecule has 0 bridgehead atoms. The van der Waals surface area contributed by atoms with Gasteiger partial charge < -0.3 is 0 Å². The summed E-state index contributed by atoms with van der Waals surface area (Å²) in [7, 11) is 0. The van der Waals surface area contributed by atoms with Gasteiger partial charge in [0.15, 0.2) is 0 Å². The second kappa shape index (κ2) is 6.81. The van der Waals surface area contributed by atoms with Gasteiger partial charge in [-0.15, -0.1) is 0 Å². The van der Waals surface area contributed by atoms with Crippen LogP contribution in [0, 0.1) is 23.2 Å². The summed E-state index contributed by atoms with van der Waals surface area (Å²) in [6.45, 7) is 11.5. The summed E-state index contributed by atoms with van der Waals surface area (Å²) in [5.41, 5.74) is 0.982. The van der Waals surface area contributed by atoms with Crippen molar-refractivity contribution in [2.24, 2.45) is 11.8 Å². The minimum atomic E-state index is 0.650. The fourth-order valence-corrected chi connectivity index (χ4v) is 2.56. The molecule has 0 saturated carbocycles. The van der Waals surface area contributed by atoms with Crippen molar-refractivity contribution in [1.29, 1.82) is 5.26 Å². The van der Waals surface area contributed by atoms with Gasteiger partial charge in [0, 0.05) is 24.7 Å². The quantitative estimate of drug-likeness (QED) is 0.726.